The second-order valence-corrected chi connectivity index (χ2v) is 6.71. The lowest BCUT2D eigenvalue weighted by atomic mass is 9.96. The lowest BCUT2D eigenvalue weighted by Crippen LogP contribution is -2.41. The molecule has 21 heavy (non-hydrogen) atoms. The third-order valence-electron chi connectivity index (χ3n) is 4.25. The minimum atomic E-state index is -0.703. The monoisotopic (exact) mass is 298 g/mol. The van der Waals surface area contributed by atoms with Gasteiger partial charge < -0.3 is 15.7 Å². The van der Waals surface area contributed by atoms with Gasteiger partial charge in [-0.3, -0.25) is 9.59 Å². The molecule has 5 nitrogen and oxygen atoms in total. The molecule has 0 aromatic carbocycles. The number of amides is 1. The highest BCUT2D eigenvalue weighted by molar-refractivity contribution is 5.78. The van der Waals surface area contributed by atoms with Gasteiger partial charge in [-0.25, -0.2) is 0 Å². The summed E-state index contributed by atoms with van der Waals surface area (Å²) < 4.78 is 0. The van der Waals surface area contributed by atoms with Gasteiger partial charge in [0.25, 0.3) is 0 Å². The van der Waals surface area contributed by atoms with Crippen molar-refractivity contribution < 1.29 is 14.7 Å². The van der Waals surface area contributed by atoms with Crippen molar-refractivity contribution in [2.75, 3.05) is 13.1 Å². The predicted octanol–water partition coefficient (Wildman–Crippen LogP) is 2.02. The maximum Gasteiger partial charge on any atom is 0.306 e. The lowest BCUT2D eigenvalue weighted by Gasteiger charge is -2.18. The minimum Gasteiger partial charge on any atom is -0.481 e. The second kappa shape index (κ2) is 9.03. The van der Waals surface area contributed by atoms with Gasteiger partial charge in [0.15, 0.2) is 0 Å². The molecule has 3 N–H and O–H groups in total. The number of aliphatic carboxylic acids is 1. The molecule has 1 aliphatic carbocycles. The van der Waals surface area contributed by atoms with E-state index in [4.69, 9.17) is 5.11 Å². The Balaban J connectivity index is 2.17. The Labute approximate surface area is 127 Å². The lowest BCUT2D eigenvalue weighted by molar-refractivity contribution is -0.142. The Morgan fingerprint density at radius 1 is 1.19 bits per heavy atom. The first-order valence-corrected chi connectivity index (χ1v) is 8.13. The average molecular weight is 298 g/mol. The van der Waals surface area contributed by atoms with Gasteiger partial charge >= 0.3 is 5.97 Å². The highest BCUT2D eigenvalue weighted by Crippen LogP contribution is 2.31. The van der Waals surface area contributed by atoms with E-state index in [2.05, 4.69) is 24.5 Å². The van der Waals surface area contributed by atoms with Crippen molar-refractivity contribution in [1.82, 2.24) is 10.6 Å². The molecule has 3 atom stereocenters. The van der Waals surface area contributed by atoms with Gasteiger partial charge in [0.05, 0.1) is 12.5 Å². The quantitative estimate of drug-likeness (QED) is 0.608. The number of carbonyl (C=O) groups excluding carboxylic acids is 1. The predicted molar refractivity (Wildman–Crippen MR) is 83.0 cm³/mol. The highest BCUT2D eigenvalue weighted by Gasteiger charge is 2.32. The van der Waals surface area contributed by atoms with Crippen LogP contribution in [0, 0.1) is 17.8 Å². The van der Waals surface area contributed by atoms with E-state index in [9.17, 15) is 9.59 Å². The van der Waals surface area contributed by atoms with Crippen molar-refractivity contribution >= 4 is 11.9 Å². The van der Waals surface area contributed by atoms with Crippen molar-refractivity contribution in [3.05, 3.63) is 0 Å². The molecule has 1 fully saturated rings. The summed E-state index contributed by atoms with van der Waals surface area (Å²) in [6.07, 6.45) is 4.78. The molecule has 0 spiro atoms. The molecule has 0 aliphatic heterocycles. The number of carboxylic acids is 1. The average Bonchev–Trinajstić information content (AvgIpc) is 2.85. The maximum atomic E-state index is 11.8. The van der Waals surface area contributed by atoms with Crippen molar-refractivity contribution in [1.29, 1.82) is 0 Å². The molecule has 0 aromatic heterocycles. The van der Waals surface area contributed by atoms with Crippen LogP contribution in [-0.2, 0) is 9.59 Å². The maximum absolute atomic E-state index is 11.8. The molecule has 0 saturated heterocycles. The number of carbonyl (C=O) groups is 2. The fourth-order valence-electron chi connectivity index (χ4n) is 2.96. The van der Waals surface area contributed by atoms with E-state index in [1.807, 2.05) is 6.92 Å². The van der Waals surface area contributed by atoms with Gasteiger partial charge in [0.1, 0.15) is 0 Å². The van der Waals surface area contributed by atoms with Crippen molar-refractivity contribution in [2.45, 2.75) is 58.9 Å². The molecule has 0 radical (unpaired) electrons. The fraction of sp³-hybridized carbons (Fsp3) is 0.875. The molecule has 5 heteroatoms. The van der Waals surface area contributed by atoms with Gasteiger partial charge in [-0.15, -0.1) is 0 Å². The third kappa shape index (κ3) is 6.93. The summed E-state index contributed by atoms with van der Waals surface area (Å²) >= 11 is 0. The van der Waals surface area contributed by atoms with Crippen LogP contribution >= 0.6 is 0 Å². The highest BCUT2D eigenvalue weighted by atomic mass is 16.4. The fourth-order valence-corrected chi connectivity index (χ4v) is 2.96. The summed E-state index contributed by atoms with van der Waals surface area (Å²) in [5.74, 6) is -0.140. The zero-order chi connectivity index (χ0) is 15.8. The van der Waals surface area contributed by atoms with Crippen LogP contribution in [0.25, 0.3) is 0 Å². The molecule has 0 heterocycles. The number of hydrogen-bond donors (Lipinski definition) is 3. The molecule has 1 rings (SSSR count). The summed E-state index contributed by atoms with van der Waals surface area (Å²) in [5, 5.41) is 15.2. The number of hydrogen-bond acceptors (Lipinski definition) is 3. The van der Waals surface area contributed by atoms with Gasteiger partial charge in [-0.2, -0.15) is 0 Å². The standard InChI is InChI=1S/C16H30N2O3/c1-11(2)7-8-12(3)18-15(19)10-17-9-13-5-4-6-14(13)16(20)21/h11-14,17H,4-10H2,1-3H3,(H,18,19)(H,20,21). The van der Waals surface area contributed by atoms with Crippen molar-refractivity contribution in [3.8, 4) is 0 Å². The first kappa shape index (κ1) is 18.0. The zero-order valence-electron chi connectivity index (χ0n) is 13.5. The summed E-state index contributed by atoms with van der Waals surface area (Å²) in [5.41, 5.74) is 0. The largest absolute Gasteiger partial charge is 0.481 e. The molecular weight excluding hydrogens is 268 g/mol. The molecule has 0 bridgehead atoms. The van der Waals surface area contributed by atoms with E-state index >= 15 is 0 Å². The van der Waals surface area contributed by atoms with E-state index in [1.54, 1.807) is 0 Å². The Morgan fingerprint density at radius 3 is 2.52 bits per heavy atom. The van der Waals surface area contributed by atoms with Gasteiger partial charge in [0.2, 0.25) is 5.91 Å². The normalized spacial score (nSPS) is 23.2. The van der Waals surface area contributed by atoms with Crippen LogP contribution in [0.4, 0.5) is 0 Å². The number of rotatable bonds is 9. The van der Waals surface area contributed by atoms with Crippen LogP contribution in [0.3, 0.4) is 0 Å². The van der Waals surface area contributed by atoms with Crippen molar-refractivity contribution in [2.24, 2.45) is 17.8 Å². The van der Waals surface area contributed by atoms with Gasteiger partial charge in [-0.05, 0) is 51.0 Å². The molecule has 1 amide bonds. The Morgan fingerprint density at radius 2 is 1.90 bits per heavy atom. The topological polar surface area (TPSA) is 78.4 Å². The first-order valence-electron chi connectivity index (χ1n) is 8.13. The first-order chi connectivity index (χ1) is 9.90. The summed E-state index contributed by atoms with van der Waals surface area (Å²) in [4.78, 5) is 22.9. The Bertz CT molecular complexity index is 344. The summed E-state index contributed by atoms with van der Waals surface area (Å²) in [6.45, 7) is 7.27. The van der Waals surface area contributed by atoms with Crippen LogP contribution in [0.1, 0.15) is 52.9 Å². The van der Waals surface area contributed by atoms with Crippen LogP contribution in [0.15, 0.2) is 0 Å². The minimum absolute atomic E-state index is 0.00359. The van der Waals surface area contributed by atoms with E-state index in [-0.39, 0.29) is 30.3 Å². The van der Waals surface area contributed by atoms with Crippen LogP contribution in [-0.4, -0.2) is 36.1 Å². The molecule has 0 aromatic rings. The van der Waals surface area contributed by atoms with Gasteiger partial charge in [0, 0.05) is 6.04 Å². The van der Waals surface area contributed by atoms with Crippen molar-refractivity contribution in [3.63, 3.8) is 0 Å². The van der Waals surface area contributed by atoms with E-state index in [0.29, 0.717) is 12.5 Å². The molecular formula is C16H30N2O3. The summed E-state index contributed by atoms with van der Waals surface area (Å²) in [6, 6.07) is 0.194. The third-order valence-corrected chi connectivity index (χ3v) is 4.25. The zero-order valence-corrected chi connectivity index (χ0v) is 13.5. The number of nitrogens with one attached hydrogen (secondary N) is 2. The second-order valence-electron chi connectivity index (χ2n) is 6.71. The molecule has 1 saturated carbocycles. The molecule has 1 aliphatic rings. The molecule has 122 valence electrons. The van der Waals surface area contributed by atoms with E-state index in [1.165, 1.54) is 0 Å². The SMILES string of the molecule is CC(C)CCC(C)NC(=O)CNCC1CCCC1C(=O)O. The number of carboxylic acid groups (broad SMARTS) is 1. The molecule has 3 unspecified atom stereocenters. The van der Waals surface area contributed by atoms with Gasteiger partial charge in [-0.1, -0.05) is 20.3 Å². The van der Waals surface area contributed by atoms with Crippen LogP contribution < -0.4 is 10.6 Å². The van der Waals surface area contributed by atoms with Crippen LogP contribution in [0.5, 0.6) is 0 Å². The Hall–Kier alpha value is -1.10. The smallest absolute Gasteiger partial charge is 0.306 e. The Kier molecular flexibility index (Phi) is 7.72. The van der Waals surface area contributed by atoms with E-state index < -0.39 is 5.97 Å². The summed E-state index contributed by atoms with van der Waals surface area (Å²) in [7, 11) is 0. The van der Waals surface area contributed by atoms with E-state index in [0.717, 1.165) is 32.1 Å². The van der Waals surface area contributed by atoms with Crippen LogP contribution in [0.2, 0.25) is 0 Å².